The van der Waals surface area contributed by atoms with Crippen molar-refractivity contribution in [3.8, 4) is 0 Å². The van der Waals surface area contributed by atoms with Gasteiger partial charge in [-0.1, -0.05) is 12.1 Å². The van der Waals surface area contributed by atoms with E-state index in [0.717, 1.165) is 10.5 Å². The zero-order valence-corrected chi connectivity index (χ0v) is 7.27. The number of thiol groups is 1. The maximum Gasteiger partial charge on any atom is 0.134 e. The first-order valence-electron chi connectivity index (χ1n) is 3.46. The Labute approximate surface area is 71.8 Å². The van der Waals surface area contributed by atoms with E-state index in [-0.39, 0.29) is 5.78 Å². The molecule has 1 rings (SSSR count). The highest BCUT2D eigenvalue weighted by molar-refractivity contribution is 7.80. The molecular weight excluding hydrogens is 156 g/mol. The fraction of sp³-hybridized carbons (Fsp3) is 0.222. The smallest absolute Gasteiger partial charge is 0.134 e. The highest BCUT2D eigenvalue weighted by Crippen LogP contribution is 2.08. The lowest BCUT2D eigenvalue weighted by atomic mass is 10.1. The molecule has 0 heterocycles. The third-order valence-corrected chi connectivity index (χ3v) is 1.69. The van der Waals surface area contributed by atoms with E-state index in [1.807, 2.05) is 24.3 Å². The van der Waals surface area contributed by atoms with Crippen LogP contribution in [0.1, 0.15) is 12.5 Å². The minimum absolute atomic E-state index is 0.192. The van der Waals surface area contributed by atoms with Gasteiger partial charge in [0, 0.05) is 11.3 Å². The molecule has 0 fully saturated rings. The van der Waals surface area contributed by atoms with Gasteiger partial charge in [-0.25, -0.2) is 0 Å². The molecule has 58 valence electrons. The van der Waals surface area contributed by atoms with Gasteiger partial charge in [-0.05, 0) is 24.6 Å². The third-order valence-electron chi connectivity index (χ3n) is 1.39. The topological polar surface area (TPSA) is 17.1 Å². The van der Waals surface area contributed by atoms with Crippen LogP contribution in [0, 0.1) is 0 Å². The van der Waals surface area contributed by atoms with Crippen LogP contribution in [0.15, 0.2) is 29.2 Å². The van der Waals surface area contributed by atoms with Crippen molar-refractivity contribution in [2.24, 2.45) is 0 Å². The van der Waals surface area contributed by atoms with Crippen molar-refractivity contribution < 1.29 is 4.79 Å². The fourth-order valence-corrected chi connectivity index (χ4v) is 1.05. The molecule has 0 amide bonds. The van der Waals surface area contributed by atoms with Crippen molar-refractivity contribution in [3.05, 3.63) is 29.8 Å². The van der Waals surface area contributed by atoms with Crippen LogP contribution in [0.2, 0.25) is 0 Å². The predicted octanol–water partition coefficient (Wildman–Crippen LogP) is 2.11. The van der Waals surface area contributed by atoms with Crippen molar-refractivity contribution in [1.82, 2.24) is 0 Å². The quantitative estimate of drug-likeness (QED) is 0.666. The van der Waals surface area contributed by atoms with Gasteiger partial charge in [-0.3, -0.25) is 4.79 Å². The summed E-state index contributed by atoms with van der Waals surface area (Å²) in [6, 6.07) is 7.62. The summed E-state index contributed by atoms with van der Waals surface area (Å²) in [6.45, 7) is 1.59. The van der Waals surface area contributed by atoms with Gasteiger partial charge in [0.15, 0.2) is 0 Å². The molecule has 0 N–H and O–H groups in total. The van der Waals surface area contributed by atoms with Gasteiger partial charge in [0.2, 0.25) is 0 Å². The highest BCUT2D eigenvalue weighted by atomic mass is 32.1. The summed E-state index contributed by atoms with van der Waals surface area (Å²) in [5, 5.41) is 0. The lowest BCUT2D eigenvalue weighted by Crippen LogP contribution is -1.95. The number of hydrogen-bond donors (Lipinski definition) is 1. The second-order valence-corrected chi connectivity index (χ2v) is 3.06. The summed E-state index contributed by atoms with van der Waals surface area (Å²) in [7, 11) is 0. The molecule has 0 aliphatic rings. The summed E-state index contributed by atoms with van der Waals surface area (Å²) in [4.78, 5) is 11.6. The van der Waals surface area contributed by atoms with Crippen molar-refractivity contribution in [3.63, 3.8) is 0 Å². The number of rotatable bonds is 2. The molecule has 0 bridgehead atoms. The minimum atomic E-state index is 0.192. The number of benzene rings is 1. The first kappa shape index (κ1) is 8.34. The van der Waals surface area contributed by atoms with Gasteiger partial charge in [-0.2, -0.15) is 0 Å². The first-order valence-corrected chi connectivity index (χ1v) is 3.90. The third kappa shape index (κ3) is 2.76. The number of carbonyl (C=O) groups excluding carboxylic acids is 1. The standard InChI is InChI=1S/C9H10OS/c1-7(10)6-8-2-4-9(11)5-3-8/h2-5,11H,6H2,1H3. The molecular formula is C9H10OS. The molecule has 0 aliphatic heterocycles. The molecule has 0 atom stereocenters. The van der Waals surface area contributed by atoms with Gasteiger partial charge in [0.25, 0.3) is 0 Å². The van der Waals surface area contributed by atoms with E-state index in [1.165, 1.54) is 0 Å². The van der Waals surface area contributed by atoms with Crippen LogP contribution >= 0.6 is 12.6 Å². The molecule has 1 aromatic carbocycles. The van der Waals surface area contributed by atoms with E-state index in [2.05, 4.69) is 12.6 Å². The predicted molar refractivity (Wildman–Crippen MR) is 48.1 cm³/mol. The van der Waals surface area contributed by atoms with Crippen molar-refractivity contribution in [2.75, 3.05) is 0 Å². The van der Waals surface area contributed by atoms with Crippen LogP contribution in [0.5, 0.6) is 0 Å². The highest BCUT2D eigenvalue weighted by Gasteiger charge is 1.95. The molecule has 0 saturated carbocycles. The number of carbonyl (C=O) groups is 1. The summed E-state index contributed by atoms with van der Waals surface area (Å²) >= 11 is 4.14. The number of hydrogen-bond acceptors (Lipinski definition) is 2. The van der Waals surface area contributed by atoms with Gasteiger partial charge in [-0.15, -0.1) is 12.6 Å². The van der Waals surface area contributed by atoms with Crippen LogP contribution in [-0.2, 0) is 11.2 Å². The normalized spacial score (nSPS) is 9.64. The Morgan fingerprint density at radius 3 is 2.36 bits per heavy atom. The van der Waals surface area contributed by atoms with Crippen molar-refractivity contribution in [1.29, 1.82) is 0 Å². The Balaban J connectivity index is 2.74. The average molecular weight is 166 g/mol. The maximum absolute atomic E-state index is 10.7. The molecule has 0 aliphatic carbocycles. The van der Waals surface area contributed by atoms with Gasteiger partial charge in [0.1, 0.15) is 5.78 Å². The second kappa shape index (κ2) is 3.58. The monoisotopic (exact) mass is 166 g/mol. The van der Waals surface area contributed by atoms with E-state index < -0.39 is 0 Å². The van der Waals surface area contributed by atoms with E-state index >= 15 is 0 Å². The Bertz CT molecular complexity index is 251. The molecule has 1 aromatic rings. The van der Waals surface area contributed by atoms with Gasteiger partial charge < -0.3 is 0 Å². The van der Waals surface area contributed by atoms with E-state index in [4.69, 9.17) is 0 Å². The Hall–Kier alpha value is -0.760. The minimum Gasteiger partial charge on any atom is -0.300 e. The lowest BCUT2D eigenvalue weighted by Gasteiger charge is -1.96. The second-order valence-electron chi connectivity index (χ2n) is 2.55. The van der Waals surface area contributed by atoms with Crippen LogP contribution in [0.25, 0.3) is 0 Å². The zero-order chi connectivity index (χ0) is 8.27. The molecule has 11 heavy (non-hydrogen) atoms. The van der Waals surface area contributed by atoms with Gasteiger partial charge in [0.05, 0.1) is 0 Å². The molecule has 2 heteroatoms. The van der Waals surface area contributed by atoms with Crippen LogP contribution in [-0.4, -0.2) is 5.78 Å². The molecule has 0 saturated heterocycles. The first-order chi connectivity index (χ1) is 5.18. The maximum atomic E-state index is 10.7. The number of Topliss-reactive ketones (excluding diaryl/α,β-unsaturated/α-hetero) is 1. The summed E-state index contributed by atoms with van der Waals surface area (Å²) < 4.78 is 0. The summed E-state index contributed by atoms with van der Waals surface area (Å²) in [5.41, 5.74) is 1.05. The lowest BCUT2D eigenvalue weighted by molar-refractivity contribution is -0.116. The molecule has 0 aromatic heterocycles. The van der Waals surface area contributed by atoms with E-state index in [9.17, 15) is 4.79 Å². The molecule has 0 unspecified atom stereocenters. The molecule has 0 spiro atoms. The Kier molecular flexibility index (Phi) is 2.71. The van der Waals surface area contributed by atoms with Gasteiger partial charge >= 0.3 is 0 Å². The fourth-order valence-electron chi connectivity index (χ4n) is 0.901. The average Bonchev–Trinajstić information content (AvgIpc) is 1.93. The SMILES string of the molecule is CC(=O)Cc1ccc(S)cc1. The van der Waals surface area contributed by atoms with E-state index in [1.54, 1.807) is 6.92 Å². The summed E-state index contributed by atoms with van der Waals surface area (Å²) in [6.07, 6.45) is 0.522. The largest absolute Gasteiger partial charge is 0.300 e. The van der Waals surface area contributed by atoms with Crippen LogP contribution in [0.3, 0.4) is 0 Å². The molecule has 1 nitrogen and oxygen atoms in total. The summed E-state index contributed by atoms with van der Waals surface area (Å²) in [5.74, 6) is 0.192. The van der Waals surface area contributed by atoms with Crippen molar-refractivity contribution >= 4 is 18.4 Å². The van der Waals surface area contributed by atoms with E-state index in [0.29, 0.717) is 6.42 Å². The zero-order valence-electron chi connectivity index (χ0n) is 6.37. The molecule has 0 radical (unpaired) electrons. The number of ketones is 1. The Morgan fingerprint density at radius 1 is 1.36 bits per heavy atom. The van der Waals surface area contributed by atoms with Crippen LogP contribution in [0.4, 0.5) is 0 Å². The van der Waals surface area contributed by atoms with Crippen LogP contribution < -0.4 is 0 Å². The van der Waals surface area contributed by atoms with Crippen molar-refractivity contribution in [2.45, 2.75) is 18.2 Å². The Morgan fingerprint density at radius 2 is 1.91 bits per heavy atom.